The maximum Gasteiger partial charge on any atom is 0.326 e. The average Bonchev–Trinajstić information content (AvgIpc) is 1.02. The molecule has 3 heterocycles. The third-order valence-electron chi connectivity index (χ3n) is 13.6. The van der Waals surface area contributed by atoms with Gasteiger partial charge in [-0.25, -0.2) is 4.79 Å². The maximum atomic E-state index is 12.8. The molecule has 2 aromatic rings. The van der Waals surface area contributed by atoms with E-state index >= 15 is 0 Å². The van der Waals surface area contributed by atoms with Crippen molar-refractivity contribution in [3.63, 3.8) is 0 Å². The predicted molar refractivity (Wildman–Crippen MR) is 304 cm³/mol. The number of aliphatic hydroxyl groups is 6. The van der Waals surface area contributed by atoms with Crippen LogP contribution in [0.4, 0.5) is 0 Å². The first-order valence-electron chi connectivity index (χ1n) is 27.9. The third kappa shape index (κ3) is 23.9. The monoisotopic (exact) mass is 1290 g/mol. The third-order valence-corrected chi connectivity index (χ3v) is 13.6. The Bertz CT molecular complexity index is 3010. The lowest BCUT2D eigenvalue weighted by Gasteiger charge is -2.39. The van der Waals surface area contributed by atoms with Crippen LogP contribution >= 0.6 is 0 Å². The molecular weight excluding hydrogens is 1220 g/mol. The fourth-order valence-corrected chi connectivity index (χ4v) is 8.62. The number of nitrogens with two attached hydrogens (primary N) is 1. The molecule has 3 aliphatic rings. The molecule has 40 nitrogen and oxygen atoms in total. The van der Waals surface area contributed by atoms with Crippen molar-refractivity contribution in [2.24, 2.45) is 16.0 Å². The number of carboxylic acid groups (broad SMARTS) is 1. The van der Waals surface area contributed by atoms with E-state index in [0.717, 1.165) is 16.5 Å². The van der Waals surface area contributed by atoms with Crippen molar-refractivity contribution in [3.8, 4) is 0 Å². The van der Waals surface area contributed by atoms with Crippen LogP contribution in [-0.2, 0) is 78.3 Å². The number of para-hydroxylation sites is 1. The Hall–Kier alpha value is -9.87. The van der Waals surface area contributed by atoms with Crippen LogP contribution in [-0.4, -0.2) is 268 Å². The van der Waals surface area contributed by atoms with Gasteiger partial charge >= 0.3 is 5.97 Å². The second kappa shape index (κ2) is 36.6. The van der Waals surface area contributed by atoms with E-state index in [1.54, 1.807) is 6.20 Å². The van der Waals surface area contributed by atoms with Crippen molar-refractivity contribution in [3.05, 3.63) is 36.0 Å². The lowest BCUT2D eigenvalue weighted by Crippen LogP contribution is -2.57. The molecular formula is C51H74N18O22. The lowest BCUT2D eigenvalue weighted by atomic mass is 9.85. The fraction of sp³-hybridized carbons (Fsp3) is 0.549. The van der Waals surface area contributed by atoms with Crippen LogP contribution in [0.25, 0.3) is 10.9 Å². The molecule has 1 fully saturated rings. The van der Waals surface area contributed by atoms with Gasteiger partial charge in [0.1, 0.15) is 42.3 Å². The highest BCUT2D eigenvalue weighted by atomic mass is 16.4. The van der Waals surface area contributed by atoms with Crippen LogP contribution in [0, 0.1) is 0 Å². The van der Waals surface area contributed by atoms with Crippen molar-refractivity contribution in [1.82, 2.24) is 79.4 Å². The molecule has 0 spiro atoms. The number of carbonyl (C=O) groups is 15. The van der Waals surface area contributed by atoms with Gasteiger partial charge in [-0.05, 0) is 43.7 Å². The number of hydrogen-bond acceptors (Lipinski definition) is 24. The summed E-state index contributed by atoms with van der Waals surface area (Å²) in [6.07, 6.45) is 3.43. The number of H-pyrrole nitrogens is 1. The number of benzene rings is 1. The van der Waals surface area contributed by atoms with Crippen LogP contribution in [0.5, 0.6) is 0 Å². The fourth-order valence-electron chi connectivity index (χ4n) is 8.62. The number of hydrogen-bond donors (Lipinski definition) is 23. The summed E-state index contributed by atoms with van der Waals surface area (Å²) in [4.78, 5) is 192. The van der Waals surface area contributed by atoms with E-state index in [1.807, 2.05) is 72.1 Å². The summed E-state index contributed by atoms with van der Waals surface area (Å²) in [5.74, 6) is -16.5. The smallest absolute Gasteiger partial charge is 0.326 e. The zero-order valence-corrected chi connectivity index (χ0v) is 48.5. The van der Waals surface area contributed by atoms with E-state index in [-0.39, 0.29) is 12.5 Å². The number of fused-ring (bicyclic) bond motifs is 3. The van der Waals surface area contributed by atoms with Gasteiger partial charge in [-0.3, -0.25) is 67.1 Å². The topological polar surface area (TPSA) is 633 Å². The predicted octanol–water partition coefficient (Wildman–Crippen LogP) is -13.2. The lowest BCUT2D eigenvalue weighted by molar-refractivity contribution is -0.144. The van der Waals surface area contributed by atoms with Gasteiger partial charge in [0.25, 0.3) is 0 Å². The number of azo groups is 1. The minimum absolute atomic E-state index is 0.0558. The number of aliphatic hydroxyl groups excluding tert-OH is 6. The van der Waals surface area contributed by atoms with Gasteiger partial charge in [0.2, 0.25) is 82.7 Å². The molecule has 91 heavy (non-hydrogen) atoms. The Morgan fingerprint density at radius 1 is 0.473 bits per heavy atom. The highest BCUT2D eigenvalue weighted by Gasteiger charge is 2.42. The second-order valence-corrected chi connectivity index (χ2v) is 20.4. The number of aliphatic carboxylic acids is 1. The van der Waals surface area contributed by atoms with Gasteiger partial charge in [-0.2, -0.15) is 10.2 Å². The summed E-state index contributed by atoms with van der Waals surface area (Å²) in [7, 11) is 0. The molecule has 0 radical (unpaired) electrons. The van der Waals surface area contributed by atoms with Gasteiger partial charge in [-0.1, -0.05) is 18.2 Å². The number of amides is 14. The van der Waals surface area contributed by atoms with Crippen molar-refractivity contribution in [1.29, 1.82) is 0 Å². The SMILES string of the molecule is N[C@@H](Cc1c[nH]c2ccccc12)C(=O)NCC(=O)N[C@@H](CO)C(=O)NCC(=O)N[C@@H](CO)C(=O)NCC(=O)N[C@@H](CO)C(=O)NCC(=O)N[C@@H](CO)C(=O)NCC(=O)N[C@@H](CO)C(=O)NCC(=O)N[C@@H](CO)C(=O)NC(CC(=O)NC12CCC(CC1)N=N2)C(=O)O. The number of aromatic amines is 1. The van der Waals surface area contributed by atoms with Crippen LogP contribution < -0.4 is 80.2 Å². The van der Waals surface area contributed by atoms with Crippen molar-refractivity contribution in [2.45, 2.75) is 98.6 Å². The second-order valence-electron chi connectivity index (χ2n) is 20.4. The van der Waals surface area contributed by atoms with Crippen LogP contribution in [0.15, 0.2) is 40.7 Å². The molecule has 2 aliphatic heterocycles. The quantitative estimate of drug-likeness (QED) is 0.0297. The summed E-state index contributed by atoms with van der Waals surface area (Å²) in [6, 6.07) is -5.88. The van der Waals surface area contributed by atoms with Crippen molar-refractivity contribution < 1.29 is 108 Å². The van der Waals surface area contributed by atoms with Gasteiger partial charge in [0.05, 0.1) is 97.4 Å². The molecule has 14 amide bonds. The molecule has 0 saturated heterocycles. The van der Waals surface area contributed by atoms with Gasteiger partial charge in [0.15, 0.2) is 5.66 Å². The summed E-state index contributed by atoms with van der Waals surface area (Å²) in [6.45, 7) is -11.5. The molecule has 2 bridgehead atoms. The molecule has 1 saturated carbocycles. The molecule has 8 atom stereocenters. The molecule has 5 rings (SSSR count). The van der Waals surface area contributed by atoms with Crippen molar-refractivity contribution in [2.75, 3.05) is 78.9 Å². The maximum absolute atomic E-state index is 12.8. The van der Waals surface area contributed by atoms with Crippen molar-refractivity contribution >= 4 is 99.6 Å². The average molecular weight is 1290 g/mol. The Morgan fingerprint density at radius 3 is 1.14 bits per heavy atom. The van der Waals surface area contributed by atoms with E-state index in [4.69, 9.17) is 5.73 Å². The zero-order chi connectivity index (χ0) is 67.4. The Kier molecular flexibility index (Phi) is 29.6. The minimum atomic E-state index is -1.80. The molecule has 500 valence electrons. The first-order valence-corrected chi connectivity index (χ1v) is 27.9. The highest BCUT2D eigenvalue weighted by molar-refractivity contribution is 5.98. The molecule has 1 aromatic carbocycles. The summed E-state index contributed by atoms with van der Waals surface area (Å²) >= 11 is 0. The van der Waals surface area contributed by atoms with Gasteiger partial charge in [-0.15, -0.1) is 0 Å². The number of nitrogens with one attached hydrogen (secondary N) is 15. The molecule has 24 N–H and O–H groups in total. The Balaban J connectivity index is 1.09. The van der Waals surface area contributed by atoms with E-state index in [1.165, 1.54) is 0 Å². The minimum Gasteiger partial charge on any atom is -0.480 e. The van der Waals surface area contributed by atoms with Crippen LogP contribution in [0.2, 0.25) is 0 Å². The number of carbonyl (C=O) groups excluding carboxylic acids is 14. The van der Waals surface area contributed by atoms with Crippen LogP contribution in [0.1, 0.15) is 37.7 Å². The number of rotatable bonds is 38. The first kappa shape index (κ1) is 73.6. The summed E-state index contributed by atoms with van der Waals surface area (Å²) in [5.41, 5.74) is 6.62. The Morgan fingerprint density at radius 2 is 0.813 bits per heavy atom. The van der Waals surface area contributed by atoms with Crippen LogP contribution in [0.3, 0.4) is 0 Å². The number of nitrogens with zero attached hydrogens (tertiary/aromatic N) is 2. The van der Waals surface area contributed by atoms with Gasteiger partial charge < -0.3 is 121 Å². The summed E-state index contributed by atoms with van der Waals surface area (Å²) < 4.78 is 0. The normalized spacial score (nSPS) is 17.2. The number of aromatic nitrogens is 1. The molecule has 40 heteroatoms. The zero-order valence-electron chi connectivity index (χ0n) is 48.5. The van der Waals surface area contributed by atoms with E-state index in [2.05, 4.69) is 41.8 Å². The first-order chi connectivity index (χ1) is 43.3. The van der Waals surface area contributed by atoms with E-state index < -0.39 is 228 Å². The Labute approximate surface area is 514 Å². The largest absolute Gasteiger partial charge is 0.480 e. The molecule has 1 unspecified atom stereocenters. The van der Waals surface area contributed by atoms with E-state index in [0.29, 0.717) is 25.7 Å². The standard InChI is InChI=1S/C51H74N18O22/c52-27(9-24-11-53-28-4-2-1-3-26(24)28)43(83)54-12-37(77)60-30(18-70)44(84)55-13-38(78)61-31(19-71)45(85)56-14-39(79)62-32(20-72)46(86)57-15-40(80)63-33(21-73)47(87)58-16-41(81)64-34(22-74)48(88)59-17-42(82)65-35(23-75)49(89)66-29(50(90)91)10-36(76)67-51-7-5-25(6-8-51)68-69-51/h1-4,11,25,27,29-35,53,70-75H,5-10,12-23,52H2,(H,54,83)(H,55,84)(H,56,85)(H,57,86)(H,58,87)(H,59,88)(H,60,77)(H,61,78)(H,62,79)(H,63,80)(H,64,81)(H,65,82)(H,66,89)(H,67,76)(H,90,91)/t25?,27-,29?,30-,31-,32-,33-,34-,35-,51?/m0/s1. The number of carboxylic acids is 1. The molecule has 1 aromatic heterocycles. The van der Waals surface area contributed by atoms with Gasteiger partial charge in [0, 0.05) is 17.1 Å². The van der Waals surface area contributed by atoms with E-state index in [9.17, 15) is 108 Å². The molecule has 1 aliphatic carbocycles. The highest BCUT2D eigenvalue weighted by Crippen LogP contribution is 2.36. The summed E-state index contributed by atoms with van der Waals surface area (Å²) in [5, 5.41) is 107.